The maximum atomic E-state index is 12.0. The quantitative estimate of drug-likeness (QED) is 0.434. The first kappa shape index (κ1) is 19.2. The average molecular weight is 400 g/mol. The molecule has 3 rings (SSSR count). The largest absolute Gasteiger partial charge is 0.549 e. The number of benzene rings is 1. The summed E-state index contributed by atoms with van der Waals surface area (Å²) in [6.45, 7) is -0.0559. The lowest BCUT2D eigenvalue weighted by atomic mass is 10.3. The second-order valence-corrected chi connectivity index (χ2v) is 6.62. The third kappa shape index (κ3) is 4.60. The Morgan fingerprint density at radius 2 is 2.04 bits per heavy atom. The van der Waals surface area contributed by atoms with Crippen molar-refractivity contribution < 1.29 is 19.4 Å². The lowest BCUT2D eigenvalue weighted by Gasteiger charge is -2.07. The number of aliphatic imine (C=N–C) groups is 1. The zero-order valence-corrected chi connectivity index (χ0v) is 15.1. The lowest BCUT2D eigenvalue weighted by Crippen LogP contribution is -2.32. The predicted molar refractivity (Wildman–Crippen MR) is 100 cm³/mol. The minimum atomic E-state index is -1.16. The fourth-order valence-corrected chi connectivity index (χ4v) is 2.92. The molecule has 0 bridgehead atoms. The van der Waals surface area contributed by atoms with E-state index in [-0.39, 0.29) is 17.9 Å². The Kier molecular flexibility index (Phi) is 5.80. The number of aromatic amines is 1. The van der Waals surface area contributed by atoms with Crippen LogP contribution in [0.25, 0.3) is 0 Å². The SMILES string of the molecule is O=C([O-])CSc1ccc(N=Cc2c(O)n(Cc3ccco3)c(=O)[nH]c2=O)cc1. The second-order valence-electron chi connectivity index (χ2n) is 5.57. The molecule has 10 heteroatoms. The van der Waals surface area contributed by atoms with Crippen molar-refractivity contribution in [2.75, 3.05) is 5.75 Å². The van der Waals surface area contributed by atoms with Gasteiger partial charge in [0.25, 0.3) is 5.56 Å². The van der Waals surface area contributed by atoms with Crippen molar-refractivity contribution >= 4 is 29.6 Å². The van der Waals surface area contributed by atoms with Crippen molar-refractivity contribution in [2.45, 2.75) is 11.4 Å². The average Bonchev–Trinajstić information content (AvgIpc) is 3.17. The highest BCUT2D eigenvalue weighted by atomic mass is 32.2. The van der Waals surface area contributed by atoms with Crippen molar-refractivity contribution in [1.29, 1.82) is 0 Å². The molecular weight excluding hydrogens is 386 g/mol. The highest BCUT2D eigenvalue weighted by Gasteiger charge is 2.13. The Morgan fingerprint density at radius 3 is 2.68 bits per heavy atom. The summed E-state index contributed by atoms with van der Waals surface area (Å²) < 4.78 is 6.11. The van der Waals surface area contributed by atoms with Crippen LogP contribution in [0.4, 0.5) is 5.69 Å². The van der Waals surface area contributed by atoms with Crippen LogP contribution in [-0.4, -0.2) is 32.6 Å². The summed E-state index contributed by atoms with van der Waals surface area (Å²) in [5.74, 6) is -1.43. The molecule has 0 amide bonds. The number of carbonyl (C=O) groups is 1. The highest BCUT2D eigenvalue weighted by Crippen LogP contribution is 2.21. The molecule has 1 aromatic carbocycles. The monoisotopic (exact) mass is 400 g/mol. The number of nitrogens with zero attached hydrogens (tertiary/aromatic N) is 2. The second kappa shape index (κ2) is 8.44. The third-order valence-corrected chi connectivity index (χ3v) is 4.62. The molecule has 0 aliphatic carbocycles. The number of furan rings is 1. The topological polar surface area (TPSA) is 141 Å². The van der Waals surface area contributed by atoms with Crippen LogP contribution in [0.3, 0.4) is 0 Å². The summed E-state index contributed by atoms with van der Waals surface area (Å²) >= 11 is 1.11. The van der Waals surface area contributed by atoms with Gasteiger partial charge in [-0.3, -0.25) is 19.3 Å². The first-order valence-corrected chi connectivity index (χ1v) is 8.98. The molecule has 144 valence electrons. The zero-order chi connectivity index (χ0) is 20.1. The van der Waals surface area contributed by atoms with E-state index in [2.05, 4.69) is 9.98 Å². The van der Waals surface area contributed by atoms with Gasteiger partial charge in [-0.25, -0.2) is 4.79 Å². The van der Waals surface area contributed by atoms with Crippen molar-refractivity contribution in [2.24, 2.45) is 4.99 Å². The summed E-state index contributed by atoms with van der Waals surface area (Å²) in [7, 11) is 0. The number of rotatable bonds is 7. The van der Waals surface area contributed by atoms with E-state index in [1.165, 1.54) is 6.26 Å². The van der Waals surface area contributed by atoms with E-state index in [1.54, 1.807) is 36.4 Å². The molecule has 2 N–H and O–H groups in total. The van der Waals surface area contributed by atoms with Crippen LogP contribution < -0.4 is 16.4 Å². The van der Waals surface area contributed by atoms with Gasteiger partial charge in [0.1, 0.15) is 11.3 Å². The van der Waals surface area contributed by atoms with Crippen LogP contribution >= 0.6 is 11.8 Å². The maximum absolute atomic E-state index is 12.0. The van der Waals surface area contributed by atoms with Crippen molar-refractivity contribution in [1.82, 2.24) is 9.55 Å². The predicted octanol–water partition coefficient (Wildman–Crippen LogP) is 0.476. The molecule has 2 heterocycles. The minimum absolute atomic E-state index is 0.0559. The third-order valence-electron chi connectivity index (χ3n) is 3.64. The number of hydrogen-bond acceptors (Lipinski definition) is 8. The van der Waals surface area contributed by atoms with Gasteiger partial charge in [0.2, 0.25) is 5.88 Å². The molecule has 9 nitrogen and oxygen atoms in total. The van der Waals surface area contributed by atoms with E-state index < -0.39 is 23.1 Å². The molecule has 0 saturated carbocycles. The standard InChI is InChI=1S/C18H15N3O6S/c22-15(23)10-28-13-5-3-11(4-6-13)19-8-14-16(24)20-18(26)21(17(14)25)9-12-2-1-7-27-12/h1-8,25H,9-10H2,(H,22,23)(H,20,24,26)/p-1. The molecule has 0 fully saturated rings. The normalized spacial score (nSPS) is 11.1. The molecule has 0 spiro atoms. The molecule has 28 heavy (non-hydrogen) atoms. The molecule has 3 aromatic rings. The van der Waals surface area contributed by atoms with Crippen LogP contribution in [0.15, 0.2) is 66.6 Å². The summed E-state index contributed by atoms with van der Waals surface area (Å²) in [6, 6.07) is 9.85. The Hall–Kier alpha value is -3.53. The Balaban J connectivity index is 1.84. The van der Waals surface area contributed by atoms with Crippen molar-refractivity contribution in [3.05, 3.63) is 74.8 Å². The molecule has 0 radical (unpaired) electrons. The van der Waals surface area contributed by atoms with Gasteiger partial charge in [-0.1, -0.05) is 0 Å². The van der Waals surface area contributed by atoms with Gasteiger partial charge in [-0.2, -0.15) is 0 Å². The van der Waals surface area contributed by atoms with E-state index >= 15 is 0 Å². The van der Waals surface area contributed by atoms with Crippen LogP contribution in [0.2, 0.25) is 0 Å². The summed E-state index contributed by atoms with van der Waals surface area (Å²) in [5.41, 5.74) is -1.25. The first-order chi connectivity index (χ1) is 13.4. The fraction of sp³-hybridized carbons (Fsp3) is 0.111. The molecule has 0 saturated heterocycles. The number of thioether (sulfide) groups is 1. The number of carboxylic acids is 1. The molecular formula is C18H14N3O6S-. The highest BCUT2D eigenvalue weighted by molar-refractivity contribution is 8.00. The van der Waals surface area contributed by atoms with Gasteiger partial charge in [0.15, 0.2) is 0 Å². The number of H-pyrrole nitrogens is 1. The summed E-state index contributed by atoms with van der Waals surface area (Å²) in [6.07, 6.45) is 2.58. The van der Waals surface area contributed by atoms with Gasteiger partial charge >= 0.3 is 5.69 Å². The van der Waals surface area contributed by atoms with Gasteiger partial charge in [-0.15, -0.1) is 11.8 Å². The Bertz CT molecular complexity index is 1110. The van der Waals surface area contributed by atoms with E-state index in [9.17, 15) is 24.6 Å². The number of nitrogens with one attached hydrogen (secondary N) is 1. The number of carboxylic acid groups (broad SMARTS) is 1. The summed E-state index contributed by atoms with van der Waals surface area (Å²) in [5, 5.41) is 20.8. The lowest BCUT2D eigenvalue weighted by molar-refractivity contribution is -0.301. The minimum Gasteiger partial charge on any atom is -0.549 e. The van der Waals surface area contributed by atoms with Crippen LogP contribution in [0.1, 0.15) is 11.3 Å². The number of hydrogen-bond donors (Lipinski definition) is 2. The Labute approximate surface area is 162 Å². The van der Waals surface area contributed by atoms with Crippen LogP contribution in [-0.2, 0) is 11.3 Å². The Morgan fingerprint density at radius 1 is 1.29 bits per heavy atom. The molecule has 0 atom stereocenters. The number of aliphatic carboxylic acids is 1. The van der Waals surface area contributed by atoms with Gasteiger partial charge in [0, 0.05) is 16.9 Å². The zero-order valence-electron chi connectivity index (χ0n) is 14.3. The fourth-order valence-electron chi connectivity index (χ4n) is 2.31. The molecule has 0 aliphatic rings. The number of carbonyl (C=O) groups excluding carboxylic acids is 1. The molecule has 2 aromatic heterocycles. The van der Waals surface area contributed by atoms with E-state index in [1.807, 2.05) is 0 Å². The van der Waals surface area contributed by atoms with Crippen LogP contribution in [0.5, 0.6) is 5.88 Å². The molecule has 0 unspecified atom stereocenters. The maximum Gasteiger partial charge on any atom is 0.331 e. The van der Waals surface area contributed by atoms with E-state index in [0.29, 0.717) is 11.4 Å². The van der Waals surface area contributed by atoms with Crippen molar-refractivity contribution in [3.63, 3.8) is 0 Å². The van der Waals surface area contributed by atoms with Gasteiger partial charge in [0.05, 0.1) is 24.5 Å². The van der Waals surface area contributed by atoms with E-state index in [0.717, 1.165) is 27.4 Å². The van der Waals surface area contributed by atoms with Crippen LogP contribution in [0, 0.1) is 0 Å². The first-order valence-electron chi connectivity index (χ1n) is 7.99. The smallest absolute Gasteiger partial charge is 0.331 e. The number of aromatic nitrogens is 2. The summed E-state index contributed by atoms with van der Waals surface area (Å²) in [4.78, 5) is 41.4. The van der Waals surface area contributed by atoms with Crippen molar-refractivity contribution in [3.8, 4) is 5.88 Å². The van der Waals surface area contributed by atoms with E-state index in [4.69, 9.17) is 4.42 Å². The number of aromatic hydroxyl groups is 1. The van der Waals surface area contributed by atoms with Gasteiger partial charge < -0.3 is 19.4 Å². The van der Waals surface area contributed by atoms with Gasteiger partial charge in [-0.05, 0) is 36.4 Å². The molecule has 0 aliphatic heterocycles.